The fraction of sp³-hybridized carbons (Fsp3) is 0.500. The Balaban J connectivity index is 1.57. The van der Waals surface area contributed by atoms with Crippen LogP contribution in [0, 0.1) is 0 Å². The highest BCUT2D eigenvalue weighted by Crippen LogP contribution is 2.40. The minimum atomic E-state index is -0.193. The second-order valence-electron chi connectivity index (χ2n) is 6.96. The third-order valence-corrected chi connectivity index (χ3v) is 5.06. The lowest BCUT2D eigenvalue weighted by atomic mass is 9.94. The quantitative estimate of drug-likeness (QED) is 0.860. The molecule has 2 amide bonds. The van der Waals surface area contributed by atoms with Crippen LogP contribution in [0.1, 0.15) is 43.2 Å². The lowest BCUT2D eigenvalue weighted by molar-refractivity contribution is -0.140. The maximum atomic E-state index is 12.6. The molecule has 2 atom stereocenters. The number of carbonyl (C=O) groups excluding carboxylic acids is 2. The Kier molecular flexibility index (Phi) is 4.07. The van der Waals surface area contributed by atoms with Gasteiger partial charge < -0.3 is 19.8 Å². The van der Waals surface area contributed by atoms with Crippen molar-refractivity contribution >= 4 is 11.8 Å². The summed E-state index contributed by atoms with van der Waals surface area (Å²) in [5, 5.41) is 3.15. The van der Waals surface area contributed by atoms with Gasteiger partial charge in [0.05, 0.1) is 12.5 Å². The molecule has 132 valence electrons. The number of rotatable bonds is 5. The lowest BCUT2D eigenvalue weighted by Crippen LogP contribution is -2.53. The average Bonchev–Trinajstić information content (AvgIpc) is 3.12. The van der Waals surface area contributed by atoms with Crippen LogP contribution in [-0.4, -0.2) is 43.3 Å². The van der Waals surface area contributed by atoms with E-state index >= 15 is 0 Å². The summed E-state index contributed by atoms with van der Waals surface area (Å²) in [7, 11) is 1.93. The largest absolute Gasteiger partial charge is 0.365 e. The van der Waals surface area contributed by atoms with Crippen LogP contribution in [0.3, 0.4) is 0 Å². The molecule has 0 spiro atoms. The van der Waals surface area contributed by atoms with Crippen LogP contribution in [0.4, 0.5) is 0 Å². The first-order valence-electron chi connectivity index (χ1n) is 8.83. The number of likely N-dealkylation sites (tertiary alicyclic amines) is 1. The van der Waals surface area contributed by atoms with Gasteiger partial charge in [0.2, 0.25) is 11.8 Å². The maximum absolute atomic E-state index is 12.6. The van der Waals surface area contributed by atoms with Crippen LogP contribution < -0.4 is 5.32 Å². The number of aromatic amines is 1. The zero-order valence-corrected chi connectivity index (χ0v) is 14.3. The van der Waals surface area contributed by atoms with Crippen molar-refractivity contribution in [1.82, 2.24) is 24.8 Å². The molecular formula is C18H23N5O2. The molecule has 2 N–H and O–H groups in total. The number of carbonyl (C=O) groups is 2. The first kappa shape index (κ1) is 15.9. The van der Waals surface area contributed by atoms with Crippen LogP contribution in [0.2, 0.25) is 0 Å². The molecule has 4 rings (SSSR count). The monoisotopic (exact) mass is 341 g/mol. The van der Waals surface area contributed by atoms with E-state index in [1.807, 2.05) is 41.0 Å². The van der Waals surface area contributed by atoms with E-state index in [1.165, 1.54) is 0 Å². The highest BCUT2D eigenvalue weighted by Gasteiger charge is 2.46. The van der Waals surface area contributed by atoms with Gasteiger partial charge in [-0.1, -0.05) is 0 Å². The fourth-order valence-corrected chi connectivity index (χ4v) is 3.72. The van der Waals surface area contributed by atoms with Crippen molar-refractivity contribution in [2.24, 2.45) is 7.05 Å². The number of H-pyrrole nitrogens is 1. The molecule has 0 radical (unpaired) electrons. The van der Waals surface area contributed by atoms with Gasteiger partial charge in [0.1, 0.15) is 11.9 Å². The standard InChI is InChI=1S/C18H23N5O2/c1-22-10-9-20-18(22)17-14(6-7-16(25)23(17)13-4-5-13)21-15(24)11-12-3-2-8-19-12/h2-3,8-10,13-14,17,19H,4-7,11H2,1H3,(H,21,24)/t14-,17-/m1/s1. The molecule has 2 aliphatic rings. The normalized spacial score (nSPS) is 23.7. The van der Waals surface area contributed by atoms with Crippen molar-refractivity contribution in [1.29, 1.82) is 0 Å². The van der Waals surface area contributed by atoms with Gasteiger partial charge in [0.15, 0.2) is 0 Å². The molecule has 7 heteroatoms. The summed E-state index contributed by atoms with van der Waals surface area (Å²) in [4.78, 5) is 34.5. The van der Waals surface area contributed by atoms with Gasteiger partial charge >= 0.3 is 0 Å². The Bertz CT molecular complexity index is 762. The molecule has 1 saturated carbocycles. The Labute approximate surface area is 146 Å². The molecule has 7 nitrogen and oxygen atoms in total. The van der Waals surface area contributed by atoms with Crippen LogP contribution in [-0.2, 0) is 23.1 Å². The number of aromatic nitrogens is 3. The number of imidazole rings is 1. The molecule has 0 unspecified atom stereocenters. The molecule has 2 fully saturated rings. The number of hydrogen-bond donors (Lipinski definition) is 2. The van der Waals surface area contributed by atoms with Gasteiger partial charge in [-0.15, -0.1) is 0 Å². The topological polar surface area (TPSA) is 83.0 Å². The molecule has 2 aromatic heterocycles. The summed E-state index contributed by atoms with van der Waals surface area (Å²) in [5.74, 6) is 0.979. The molecule has 0 aromatic carbocycles. The zero-order chi connectivity index (χ0) is 17.4. The molecule has 25 heavy (non-hydrogen) atoms. The Hall–Kier alpha value is -2.57. The number of amides is 2. The van der Waals surface area contributed by atoms with Crippen molar-refractivity contribution in [2.75, 3.05) is 0 Å². The van der Waals surface area contributed by atoms with E-state index in [2.05, 4.69) is 15.3 Å². The fourth-order valence-electron chi connectivity index (χ4n) is 3.72. The van der Waals surface area contributed by atoms with Crippen molar-refractivity contribution < 1.29 is 9.59 Å². The van der Waals surface area contributed by atoms with E-state index in [0.29, 0.717) is 19.3 Å². The van der Waals surface area contributed by atoms with E-state index < -0.39 is 0 Å². The van der Waals surface area contributed by atoms with E-state index in [1.54, 1.807) is 6.20 Å². The van der Waals surface area contributed by atoms with Crippen molar-refractivity contribution in [3.63, 3.8) is 0 Å². The van der Waals surface area contributed by atoms with Crippen molar-refractivity contribution in [2.45, 2.75) is 50.2 Å². The van der Waals surface area contributed by atoms with Gasteiger partial charge in [-0.25, -0.2) is 4.98 Å². The SMILES string of the molecule is Cn1ccnc1[C@H]1[C@H](NC(=O)Cc2ccc[nH]2)CCC(=O)N1C1CC1. The van der Waals surface area contributed by atoms with Crippen molar-refractivity contribution in [3.8, 4) is 0 Å². The van der Waals surface area contributed by atoms with Gasteiger partial charge in [-0.05, 0) is 31.4 Å². The number of nitrogens with one attached hydrogen (secondary N) is 2. The summed E-state index contributed by atoms with van der Waals surface area (Å²) < 4.78 is 1.95. The van der Waals surface area contributed by atoms with Gasteiger partial charge in [-0.3, -0.25) is 9.59 Å². The Morgan fingerprint density at radius 2 is 2.24 bits per heavy atom. The van der Waals surface area contributed by atoms with Crippen LogP contribution in [0.5, 0.6) is 0 Å². The number of nitrogens with zero attached hydrogens (tertiary/aromatic N) is 3. The Morgan fingerprint density at radius 1 is 1.40 bits per heavy atom. The summed E-state index contributed by atoms with van der Waals surface area (Å²) in [6, 6.07) is 3.77. The summed E-state index contributed by atoms with van der Waals surface area (Å²) in [5.41, 5.74) is 0.886. The van der Waals surface area contributed by atoms with Gasteiger partial charge in [0, 0.05) is 43.8 Å². The molecule has 3 heterocycles. The first-order chi connectivity index (χ1) is 12.1. The lowest BCUT2D eigenvalue weighted by Gasteiger charge is -2.41. The third kappa shape index (κ3) is 3.18. The number of aryl methyl sites for hydroxylation is 1. The smallest absolute Gasteiger partial charge is 0.226 e. The highest BCUT2D eigenvalue weighted by atomic mass is 16.2. The predicted octanol–water partition coefficient (Wildman–Crippen LogP) is 1.30. The van der Waals surface area contributed by atoms with E-state index in [9.17, 15) is 9.59 Å². The Morgan fingerprint density at radius 3 is 2.88 bits per heavy atom. The molecule has 1 aliphatic heterocycles. The zero-order valence-electron chi connectivity index (χ0n) is 14.3. The van der Waals surface area contributed by atoms with E-state index in [4.69, 9.17) is 0 Å². The maximum Gasteiger partial charge on any atom is 0.226 e. The summed E-state index contributed by atoms with van der Waals surface area (Å²) in [6.07, 6.45) is 8.96. The first-order valence-corrected chi connectivity index (χ1v) is 8.83. The minimum absolute atomic E-state index is 0.0308. The average molecular weight is 341 g/mol. The second kappa shape index (κ2) is 6.38. The van der Waals surface area contributed by atoms with Crippen LogP contribution in [0.25, 0.3) is 0 Å². The molecule has 1 saturated heterocycles. The van der Waals surface area contributed by atoms with Crippen LogP contribution in [0.15, 0.2) is 30.7 Å². The molecule has 1 aliphatic carbocycles. The van der Waals surface area contributed by atoms with Gasteiger partial charge in [-0.2, -0.15) is 0 Å². The predicted molar refractivity (Wildman–Crippen MR) is 91.5 cm³/mol. The second-order valence-corrected chi connectivity index (χ2v) is 6.96. The van der Waals surface area contributed by atoms with Gasteiger partial charge in [0.25, 0.3) is 0 Å². The third-order valence-electron chi connectivity index (χ3n) is 5.06. The molecule has 2 aromatic rings. The van der Waals surface area contributed by atoms with Crippen LogP contribution >= 0.6 is 0 Å². The molecule has 0 bridgehead atoms. The highest BCUT2D eigenvalue weighted by molar-refractivity contribution is 5.81. The van der Waals surface area contributed by atoms with Crippen molar-refractivity contribution in [3.05, 3.63) is 42.2 Å². The number of piperidine rings is 1. The number of hydrogen-bond acceptors (Lipinski definition) is 3. The minimum Gasteiger partial charge on any atom is -0.365 e. The summed E-state index contributed by atoms with van der Waals surface area (Å²) >= 11 is 0. The molecular weight excluding hydrogens is 318 g/mol. The van der Waals surface area contributed by atoms with E-state index in [0.717, 1.165) is 24.4 Å². The summed E-state index contributed by atoms with van der Waals surface area (Å²) in [6.45, 7) is 0. The van der Waals surface area contributed by atoms with E-state index in [-0.39, 0.29) is 29.9 Å².